The molecular formula is C19H17NO5. The SMILES string of the molecule is O=C(O)COc1ccc2c(C(CC(=O)O)c3ccccc3)c[nH]c2c1. The quantitative estimate of drug-likeness (QED) is 0.614. The Bertz CT molecular complexity index is 901. The van der Waals surface area contributed by atoms with Gasteiger partial charge < -0.3 is 19.9 Å². The van der Waals surface area contributed by atoms with Gasteiger partial charge in [-0.2, -0.15) is 0 Å². The van der Waals surface area contributed by atoms with Crippen molar-refractivity contribution in [3.63, 3.8) is 0 Å². The summed E-state index contributed by atoms with van der Waals surface area (Å²) in [6.45, 7) is -0.412. The molecule has 1 atom stereocenters. The minimum Gasteiger partial charge on any atom is -0.482 e. The van der Waals surface area contributed by atoms with E-state index in [0.717, 1.165) is 22.0 Å². The summed E-state index contributed by atoms with van der Waals surface area (Å²) in [5, 5.41) is 18.9. The number of benzene rings is 2. The van der Waals surface area contributed by atoms with Gasteiger partial charge in [-0.1, -0.05) is 30.3 Å². The number of aliphatic carboxylic acids is 2. The third-order valence-electron chi connectivity index (χ3n) is 4.00. The summed E-state index contributed by atoms with van der Waals surface area (Å²) < 4.78 is 5.18. The summed E-state index contributed by atoms with van der Waals surface area (Å²) in [6, 6.07) is 14.7. The predicted octanol–water partition coefficient (Wildman–Crippen LogP) is 3.24. The molecule has 128 valence electrons. The van der Waals surface area contributed by atoms with Gasteiger partial charge in [0, 0.05) is 29.1 Å². The summed E-state index contributed by atoms with van der Waals surface area (Å²) in [6.07, 6.45) is 1.78. The van der Waals surface area contributed by atoms with Crippen LogP contribution in [0.2, 0.25) is 0 Å². The number of nitrogens with one attached hydrogen (secondary N) is 1. The highest BCUT2D eigenvalue weighted by atomic mass is 16.5. The van der Waals surface area contributed by atoms with Crippen LogP contribution in [0.25, 0.3) is 10.9 Å². The van der Waals surface area contributed by atoms with Gasteiger partial charge in [0.05, 0.1) is 6.42 Å². The van der Waals surface area contributed by atoms with Crippen LogP contribution in [0.1, 0.15) is 23.5 Å². The molecule has 0 saturated heterocycles. The van der Waals surface area contributed by atoms with Crippen LogP contribution in [0.15, 0.2) is 54.7 Å². The van der Waals surface area contributed by atoms with Crippen LogP contribution >= 0.6 is 0 Å². The third-order valence-corrected chi connectivity index (χ3v) is 4.00. The van der Waals surface area contributed by atoms with E-state index in [1.54, 1.807) is 18.3 Å². The Balaban J connectivity index is 1.98. The maximum atomic E-state index is 11.3. The van der Waals surface area contributed by atoms with Gasteiger partial charge in [0.2, 0.25) is 0 Å². The molecule has 0 aliphatic carbocycles. The summed E-state index contributed by atoms with van der Waals surface area (Å²) in [7, 11) is 0. The van der Waals surface area contributed by atoms with E-state index in [-0.39, 0.29) is 12.3 Å². The maximum Gasteiger partial charge on any atom is 0.341 e. The topological polar surface area (TPSA) is 99.6 Å². The number of hydrogen-bond donors (Lipinski definition) is 3. The fourth-order valence-electron chi connectivity index (χ4n) is 2.92. The fraction of sp³-hybridized carbons (Fsp3) is 0.158. The molecule has 0 radical (unpaired) electrons. The van der Waals surface area contributed by atoms with Crippen molar-refractivity contribution in [1.29, 1.82) is 0 Å². The molecule has 0 saturated carbocycles. The van der Waals surface area contributed by atoms with Crippen molar-refractivity contribution in [2.45, 2.75) is 12.3 Å². The van der Waals surface area contributed by atoms with E-state index in [0.29, 0.717) is 5.75 Å². The molecule has 0 bridgehead atoms. The van der Waals surface area contributed by atoms with Gasteiger partial charge in [0.1, 0.15) is 5.75 Å². The van der Waals surface area contributed by atoms with Crippen molar-refractivity contribution in [3.05, 3.63) is 65.9 Å². The minimum absolute atomic E-state index is 0.0196. The van der Waals surface area contributed by atoms with Crippen LogP contribution in [0.3, 0.4) is 0 Å². The first kappa shape index (κ1) is 16.6. The Morgan fingerprint density at radius 2 is 1.80 bits per heavy atom. The Hall–Kier alpha value is -3.28. The van der Waals surface area contributed by atoms with Crippen LogP contribution in [0.5, 0.6) is 5.75 Å². The van der Waals surface area contributed by atoms with E-state index in [9.17, 15) is 14.7 Å². The summed E-state index contributed by atoms with van der Waals surface area (Å²) >= 11 is 0. The number of aromatic nitrogens is 1. The second kappa shape index (κ2) is 7.09. The van der Waals surface area contributed by atoms with Crippen LogP contribution in [-0.4, -0.2) is 33.7 Å². The van der Waals surface area contributed by atoms with E-state index in [4.69, 9.17) is 9.84 Å². The maximum absolute atomic E-state index is 11.3. The summed E-state index contributed by atoms with van der Waals surface area (Å²) in [5.41, 5.74) is 2.58. The van der Waals surface area contributed by atoms with E-state index >= 15 is 0 Å². The molecule has 1 heterocycles. The third kappa shape index (κ3) is 3.80. The smallest absolute Gasteiger partial charge is 0.341 e. The molecule has 2 aromatic carbocycles. The molecule has 6 nitrogen and oxygen atoms in total. The second-order valence-electron chi connectivity index (χ2n) is 5.69. The molecule has 6 heteroatoms. The Morgan fingerprint density at radius 3 is 2.48 bits per heavy atom. The number of H-pyrrole nitrogens is 1. The minimum atomic E-state index is -1.04. The molecule has 1 unspecified atom stereocenters. The highest BCUT2D eigenvalue weighted by Crippen LogP contribution is 2.34. The van der Waals surface area contributed by atoms with Crippen molar-refractivity contribution >= 4 is 22.8 Å². The molecule has 0 aliphatic rings. The zero-order valence-corrected chi connectivity index (χ0v) is 13.3. The van der Waals surface area contributed by atoms with Crippen molar-refractivity contribution in [2.75, 3.05) is 6.61 Å². The number of carboxylic acids is 2. The zero-order chi connectivity index (χ0) is 17.8. The van der Waals surface area contributed by atoms with E-state index in [2.05, 4.69) is 4.98 Å². The molecule has 0 amide bonds. The highest BCUT2D eigenvalue weighted by molar-refractivity contribution is 5.86. The van der Waals surface area contributed by atoms with Crippen molar-refractivity contribution in [1.82, 2.24) is 4.98 Å². The Kier molecular flexibility index (Phi) is 4.70. The number of ether oxygens (including phenoxy) is 1. The van der Waals surface area contributed by atoms with Gasteiger partial charge in [0.25, 0.3) is 0 Å². The number of fused-ring (bicyclic) bond motifs is 1. The van der Waals surface area contributed by atoms with Gasteiger partial charge in [0.15, 0.2) is 6.61 Å². The normalized spacial score (nSPS) is 12.0. The van der Waals surface area contributed by atoms with Crippen molar-refractivity contribution in [2.24, 2.45) is 0 Å². The average molecular weight is 339 g/mol. The molecule has 3 aromatic rings. The first-order valence-corrected chi connectivity index (χ1v) is 7.77. The molecule has 25 heavy (non-hydrogen) atoms. The van der Waals surface area contributed by atoms with Gasteiger partial charge in [-0.25, -0.2) is 4.79 Å². The van der Waals surface area contributed by atoms with E-state index < -0.39 is 18.5 Å². The predicted molar refractivity (Wildman–Crippen MR) is 92.0 cm³/mol. The number of aromatic amines is 1. The lowest BCUT2D eigenvalue weighted by Gasteiger charge is -2.15. The lowest BCUT2D eigenvalue weighted by molar-refractivity contribution is -0.139. The number of carboxylic acid groups (broad SMARTS) is 2. The molecule has 0 spiro atoms. The van der Waals surface area contributed by atoms with E-state index in [1.807, 2.05) is 36.4 Å². The largest absolute Gasteiger partial charge is 0.482 e. The summed E-state index contributed by atoms with van der Waals surface area (Å²) in [5.74, 6) is -1.75. The molecule has 3 N–H and O–H groups in total. The van der Waals surface area contributed by atoms with Crippen LogP contribution in [0.4, 0.5) is 0 Å². The van der Waals surface area contributed by atoms with Crippen LogP contribution in [0, 0.1) is 0 Å². The monoisotopic (exact) mass is 339 g/mol. The summed E-state index contributed by atoms with van der Waals surface area (Å²) in [4.78, 5) is 25.1. The molecule has 0 aliphatic heterocycles. The van der Waals surface area contributed by atoms with Crippen LogP contribution < -0.4 is 4.74 Å². The van der Waals surface area contributed by atoms with Gasteiger partial charge in [-0.05, 0) is 23.3 Å². The van der Waals surface area contributed by atoms with Gasteiger partial charge in [-0.15, -0.1) is 0 Å². The molecular weight excluding hydrogens is 322 g/mol. The first-order valence-electron chi connectivity index (χ1n) is 7.77. The molecule has 0 fully saturated rings. The zero-order valence-electron chi connectivity index (χ0n) is 13.3. The number of carbonyl (C=O) groups is 2. The lowest BCUT2D eigenvalue weighted by atomic mass is 9.88. The molecule has 3 rings (SSSR count). The number of hydrogen-bond acceptors (Lipinski definition) is 3. The van der Waals surface area contributed by atoms with Crippen molar-refractivity contribution in [3.8, 4) is 5.75 Å². The second-order valence-corrected chi connectivity index (χ2v) is 5.69. The average Bonchev–Trinajstić information content (AvgIpc) is 3.01. The lowest BCUT2D eigenvalue weighted by Crippen LogP contribution is -2.09. The number of rotatable bonds is 7. The Morgan fingerprint density at radius 1 is 1.04 bits per heavy atom. The first-order chi connectivity index (χ1) is 12.0. The standard InChI is InChI=1S/C19H17NO5/c21-18(22)9-15(12-4-2-1-3-5-12)16-10-20-17-8-13(6-7-14(16)17)25-11-19(23)24/h1-8,10,15,20H,9,11H2,(H,21,22)(H,23,24). The van der Waals surface area contributed by atoms with Gasteiger partial charge in [-0.3, -0.25) is 4.79 Å². The fourth-order valence-corrected chi connectivity index (χ4v) is 2.92. The van der Waals surface area contributed by atoms with Gasteiger partial charge >= 0.3 is 11.9 Å². The highest BCUT2D eigenvalue weighted by Gasteiger charge is 2.21. The Labute approximate surface area is 143 Å². The van der Waals surface area contributed by atoms with Crippen LogP contribution in [-0.2, 0) is 9.59 Å². The molecule has 1 aromatic heterocycles. The van der Waals surface area contributed by atoms with E-state index in [1.165, 1.54) is 0 Å². The van der Waals surface area contributed by atoms with Crippen molar-refractivity contribution < 1.29 is 24.5 Å².